The molecule has 2 aromatic rings. The van der Waals surface area contributed by atoms with E-state index in [0.717, 1.165) is 22.4 Å². The molecule has 1 unspecified atom stereocenters. The van der Waals surface area contributed by atoms with Crippen LogP contribution >= 0.6 is 0 Å². The zero-order valence-electron chi connectivity index (χ0n) is 10.8. The van der Waals surface area contributed by atoms with Gasteiger partial charge in [0.05, 0.1) is 7.11 Å². The molecule has 0 amide bonds. The van der Waals surface area contributed by atoms with Gasteiger partial charge < -0.3 is 9.84 Å². The minimum absolute atomic E-state index is 0.689. The van der Waals surface area contributed by atoms with Crippen LogP contribution in [0.15, 0.2) is 36.5 Å². The standard InChI is InChI=1S/C15H17NO2/c1-10-4-7-14(18-3)13(8-10)15(17)12-6-5-11(2)16-9-12/h4-9,15,17H,1-3H3. The van der Waals surface area contributed by atoms with Crippen molar-refractivity contribution in [2.75, 3.05) is 7.11 Å². The smallest absolute Gasteiger partial charge is 0.125 e. The lowest BCUT2D eigenvalue weighted by Gasteiger charge is -2.15. The van der Waals surface area contributed by atoms with E-state index < -0.39 is 6.10 Å². The zero-order chi connectivity index (χ0) is 13.1. The number of benzene rings is 1. The van der Waals surface area contributed by atoms with Crippen molar-refractivity contribution in [1.29, 1.82) is 0 Å². The Bertz CT molecular complexity index is 535. The van der Waals surface area contributed by atoms with Crippen LogP contribution in [0, 0.1) is 13.8 Å². The Balaban J connectivity index is 2.41. The van der Waals surface area contributed by atoms with Gasteiger partial charge in [-0.15, -0.1) is 0 Å². The Morgan fingerprint density at radius 1 is 1.17 bits per heavy atom. The summed E-state index contributed by atoms with van der Waals surface area (Å²) in [5.74, 6) is 0.689. The van der Waals surface area contributed by atoms with Crippen LogP contribution in [0.3, 0.4) is 0 Å². The molecule has 1 heterocycles. The second-order valence-corrected chi connectivity index (χ2v) is 4.38. The van der Waals surface area contributed by atoms with E-state index in [1.807, 2.05) is 44.2 Å². The SMILES string of the molecule is COc1ccc(C)cc1C(O)c1ccc(C)nc1. The summed E-state index contributed by atoms with van der Waals surface area (Å²) in [5.41, 5.74) is 3.56. The maximum atomic E-state index is 10.4. The van der Waals surface area contributed by atoms with E-state index in [9.17, 15) is 5.11 Å². The van der Waals surface area contributed by atoms with E-state index in [4.69, 9.17) is 4.74 Å². The Morgan fingerprint density at radius 2 is 1.94 bits per heavy atom. The quantitative estimate of drug-likeness (QED) is 0.901. The molecule has 3 heteroatoms. The van der Waals surface area contributed by atoms with Crippen molar-refractivity contribution < 1.29 is 9.84 Å². The van der Waals surface area contributed by atoms with Gasteiger partial charge in [0.1, 0.15) is 11.9 Å². The van der Waals surface area contributed by atoms with E-state index in [1.165, 1.54) is 0 Å². The molecule has 0 radical (unpaired) electrons. The maximum Gasteiger partial charge on any atom is 0.125 e. The number of rotatable bonds is 3. The fraction of sp³-hybridized carbons (Fsp3) is 0.267. The number of aromatic nitrogens is 1. The summed E-state index contributed by atoms with van der Waals surface area (Å²) in [5, 5.41) is 10.4. The molecule has 3 nitrogen and oxygen atoms in total. The van der Waals surface area contributed by atoms with Crippen LogP contribution in [0.5, 0.6) is 5.75 Å². The molecule has 18 heavy (non-hydrogen) atoms. The van der Waals surface area contributed by atoms with E-state index in [-0.39, 0.29) is 0 Å². The third-order valence-electron chi connectivity index (χ3n) is 2.93. The fourth-order valence-corrected chi connectivity index (χ4v) is 1.89. The number of methoxy groups -OCH3 is 1. The van der Waals surface area contributed by atoms with Crippen LogP contribution in [0.2, 0.25) is 0 Å². The van der Waals surface area contributed by atoms with Crippen molar-refractivity contribution in [2.24, 2.45) is 0 Å². The van der Waals surface area contributed by atoms with Gasteiger partial charge in [-0.25, -0.2) is 0 Å². The normalized spacial score (nSPS) is 12.2. The van der Waals surface area contributed by atoms with Crippen LogP contribution in [-0.4, -0.2) is 17.2 Å². The highest BCUT2D eigenvalue weighted by Crippen LogP contribution is 2.30. The topological polar surface area (TPSA) is 42.4 Å². The van der Waals surface area contributed by atoms with Gasteiger partial charge in [0.25, 0.3) is 0 Å². The average Bonchev–Trinajstić information content (AvgIpc) is 2.39. The number of hydrogen-bond acceptors (Lipinski definition) is 3. The first-order valence-corrected chi connectivity index (χ1v) is 5.87. The molecule has 0 aliphatic carbocycles. The lowest BCUT2D eigenvalue weighted by atomic mass is 10.00. The molecule has 1 atom stereocenters. The number of aryl methyl sites for hydroxylation is 2. The van der Waals surface area contributed by atoms with E-state index >= 15 is 0 Å². The average molecular weight is 243 g/mol. The molecule has 0 bridgehead atoms. The second-order valence-electron chi connectivity index (χ2n) is 4.38. The summed E-state index contributed by atoms with van der Waals surface area (Å²) in [6, 6.07) is 9.54. The third kappa shape index (κ3) is 2.51. The second kappa shape index (κ2) is 5.19. The highest BCUT2D eigenvalue weighted by atomic mass is 16.5. The summed E-state index contributed by atoms with van der Waals surface area (Å²) in [4.78, 5) is 4.20. The molecule has 0 fully saturated rings. The number of ether oxygens (including phenoxy) is 1. The lowest BCUT2D eigenvalue weighted by Crippen LogP contribution is -2.03. The molecule has 1 aromatic carbocycles. The minimum Gasteiger partial charge on any atom is -0.496 e. The first kappa shape index (κ1) is 12.6. The summed E-state index contributed by atoms with van der Waals surface area (Å²) in [6.45, 7) is 3.91. The summed E-state index contributed by atoms with van der Waals surface area (Å²) >= 11 is 0. The van der Waals surface area contributed by atoms with Crippen LogP contribution < -0.4 is 4.74 Å². The van der Waals surface area contributed by atoms with Crippen molar-refractivity contribution in [2.45, 2.75) is 20.0 Å². The van der Waals surface area contributed by atoms with Crippen molar-refractivity contribution >= 4 is 0 Å². The summed E-state index contributed by atoms with van der Waals surface area (Å²) in [6.07, 6.45) is 0.981. The van der Waals surface area contributed by atoms with Crippen molar-refractivity contribution in [3.8, 4) is 5.75 Å². The molecule has 94 valence electrons. The minimum atomic E-state index is -0.715. The monoisotopic (exact) mass is 243 g/mol. The van der Waals surface area contributed by atoms with Gasteiger partial charge in [-0.2, -0.15) is 0 Å². The van der Waals surface area contributed by atoms with Gasteiger partial charge in [-0.3, -0.25) is 4.98 Å². The van der Waals surface area contributed by atoms with E-state index in [1.54, 1.807) is 13.3 Å². The van der Waals surface area contributed by atoms with Gasteiger partial charge in [0.15, 0.2) is 0 Å². The molecule has 0 aliphatic rings. The molecular formula is C15H17NO2. The fourth-order valence-electron chi connectivity index (χ4n) is 1.89. The molecule has 0 spiro atoms. The first-order valence-electron chi connectivity index (χ1n) is 5.87. The Kier molecular flexibility index (Phi) is 3.63. The number of hydrogen-bond donors (Lipinski definition) is 1. The number of nitrogens with zero attached hydrogens (tertiary/aromatic N) is 1. The lowest BCUT2D eigenvalue weighted by molar-refractivity contribution is 0.214. The van der Waals surface area contributed by atoms with Gasteiger partial charge in [-0.1, -0.05) is 17.7 Å². The van der Waals surface area contributed by atoms with Crippen molar-refractivity contribution in [3.05, 3.63) is 58.9 Å². The van der Waals surface area contributed by atoms with Crippen LogP contribution in [0.25, 0.3) is 0 Å². The van der Waals surface area contributed by atoms with Gasteiger partial charge in [0, 0.05) is 23.0 Å². The van der Waals surface area contributed by atoms with Gasteiger partial charge >= 0.3 is 0 Å². The van der Waals surface area contributed by atoms with Gasteiger partial charge in [0.2, 0.25) is 0 Å². The summed E-state index contributed by atoms with van der Waals surface area (Å²) in [7, 11) is 1.61. The number of aliphatic hydroxyl groups excluding tert-OH is 1. The van der Waals surface area contributed by atoms with Gasteiger partial charge in [-0.05, 0) is 32.0 Å². The maximum absolute atomic E-state index is 10.4. The zero-order valence-corrected chi connectivity index (χ0v) is 10.8. The predicted octanol–water partition coefficient (Wildman–Crippen LogP) is 2.79. The highest BCUT2D eigenvalue weighted by molar-refractivity contribution is 5.42. The van der Waals surface area contributed by atoms with Crippen molar-refractivity contribution in [1.82, 2.24) is 4.98 Å². The summed E-state index contributed by atoms with van der Waals surface area (Å²) < 4.78 is 5.29. The van der Waals surface area contributed by atoms with Crippen molar-refractivity contribution in [3.63, 3.8) is 0 Å². The highest BCUT2D eigenvalue weighted by Gasteiger charge is 2.15. The molecule has 2 rings (SSSR count). The van der Waals surface area contributed by atoms with Crippen LogP contribution in [-0.2, 0) is 0 Å². The third-order valence-corrected chi connectivity index (χ3v) is 2.93. The Labute approximate surface area is 107 Å². The predicted molar refractivity (Wildman–Crippen MR) is 70.8 cm³/mol. The largest absolute Gasteiger partial charge is 0.496 e. The molecule has 1 aromatic heterocycles. The van der Waals surface area contributed by atoms with Crippen LogP contribution in [0.1, 0.15) is 28.5 Å². The number of aliphatic hydroxyl groups is 1. The van der Waals surface area contributed by atoms with E-state index in [2.05, 4.69) is 4.98 Å². The first-order chi connectivity index (χ1) is 8.61. The molecule has 0 saturated heterocycles. The van der Waals surface area contributed by atoms with Crippen LogP contribution in [0.4, 0.5) is 0 Å². The molecular weight excluding hydrogens is 226 g/mol. The Hall–Kier alpha value is -1.87. The number of pyridine rings is 1. The Morgan fingerprint density at radius 3 is 2.56 bits per heavy atom. The van der Waals surface area contributed by atoms with E-state index in [0.29, 0.717) is 5.75 Å². The molecule has 1 N–H and O–H groups in total. The molecule has 0 aliphatic heterocycles. The molecule has 0 saturated carbocycles.